The summed E-state index contributed by atoms with van der Waals surface area (Å²) in [5.41, 5.74) is 0.997. The number of benzene rings is 1. The highest BCUT2D eigenvalue weighted by atomic mass is 19.1. The van der Waals surface area contributed by atoms with Crippen molar-refractivity contribution in [1.82, 2.24) is 5.32 Å². The fourth-order valence-electron chi connectivity index (χ4n) is 1.43. The van der Waals surface area contributed by atoms with E-state index in [1.54, 1.807) is 13.0 Å². The molecule has 0 aliphatic rings. The largest absolute Gasteiger partial charge is 0.310 e. The molecule has 14 heavy (non-hydrogen) atoms. The Morgan fingerprint density at radius 2 is 1.93 bits per heavy atom. The van der Waals surface area contributed by atoms with Crippen molar-refractivity contribution in [2.75, 3.05) is 6.54 Å². The summed E-state index contributed by atoms with van der Waals surface area (Å²) < 4.78 is 26.3. The van der Waals surface area contributed by atoms with E-state index in [1.807, 2.05) is 13.8 Å². The van der Waals surface area contributed by atoms with Gasteiger partial charge in [0.1, 0.15) is 11.6 Å². The molecule has 78 valence electrons. The van der Waals surface area contributed by atoms with Gasteiger partial charge in [0.25, 0.3) is 0 Å². The average Bonchev–Trinajstić information content (AvgIpc) is 2.11. The van der Waals surface area contributed by atoms with E-state index in [9.17, 15) is 8.78 Å². The molecule has 0 amide bonds. The molecule has 0 aliphatic heterocycles. The van der Waals surface area contributed by atoms with Crippen molar-refractivity contribution in [2.45, 2.75) is 26.8 Å². The van der Waals surface area contributed by atoms with E-state index in [1.165, 1.54) is 0 Å². The number of nitrogens with one attached hydrogen (secondary N) is 1. The Morgan fingerprint density at radius 3 is 2.50 bits per heavy atom. The number of hydrogen-bond acceptors (Lipinski definition) is 1. The maximum atomic E-state index is 13.3. The Balaban J connectivity index is 3.02. The number of hydrogen-bond donors (Lipinski definition) is 1. The van der Waals surface area contributed by atoms with Crippen molar-refractivity contribution in [3.8, 4) is 0 Å². The summed E-state index contributed by atoms with van der Waals surface area (Å²) in [5, 5.41) is 3.09. The molecular weight excluding hydrogens is 184 g/mol. The van der Waals surface area contributed by atoms with E-state index < -0.39 is 11.6 Å². The minimum absolute atomic E-state index is 0.0840. The van der Waals surface area contributed by atoms with E-state index in [0.29, 0.717) is 11.1 Å². The molecule has 0 aliphatic carbocycles. The molecule has 1 aromatic rings. The summed E-state index contributed by atoms with van der Waals surface area (Å²) in [6.45, 7) is 6.21. The third kappa shape index (κ3) is 2.29. The van der Waals surface area contributed by atoms with E-state index in [0.717, 1.165) is 12.6 Å². The van der Waals surface area contributed by atoms with Gasteiger partial charge in [-0.3, -0.25) is 0 Å². The Hall–Kier alpha value is -0.960. The minimum Gasteiger partial charge on any atom is -0.310 e. The fraction of sp³-hybridized carbons (Fsp3) is 0.455. The first kappa shape index (κ1) is 11.1. The van der Waals surface area contributed by atoms with Crippen molar-refractivity contribution < 1.29 is 8.78 Å². The number of rotatable bonds is 3. The summed E-state index contributed by atoms with van der Waals surface area (Å²) in [7, 11) is 0. The highest BCUT2D eigenvalue weighted by Gasteiger charge is 2.12. The zero-order chi connectivity index (χ0) is 10.7. The fourth-order valence-corrected chi connectivity index (χ4v) is 1.43. The summed E-state index contributed by atoms with van der Waals surface area (Å²) >= 11 is 0. The van der Waals surface area contributed by atoms with Gasteiger partial charge in [0.15, 0.2) is 0 Å². The first-order valence-electron chi connectivity index (χ1n) is 4.75. The molecule has 1 rings (SSSR count). The third-order valence-corrected chi connectivity index (χ3v) is 2.25. The second-order valence-electron chi connectivity index (χ2n) is 3.40. The first-order valence-corrected chi connectivity index (χ1v) is 4.75. The van der Waals surface area contributed by atoms with Crippen molar-refractivity contribution in [3.63, 3.8) is 0 Å². The molecule has 0 bridgehead atoms. The molecule has 1 nitrogen and oxygen atoms in total. The maximum Gasteiger partial charge on any atom is 0.130 e. The van der Waals surface area contributed by atoms with E-state index in [4.69, 9.17) is 0 Å². The van der Waals surface area contributed by atoms with Crippen LogP contribution in [-0.2, 0) is 0 Å². The summed E-state index contributed by atoms with van der Waals surface area (Å²) in [6, 6.07) is 2.41. The predicted octanol–water partition coefficient (Wildman–Crippen LogP) is 2.94. The summed E-state index contributed by atoms with van der Waals surface area (Å²) in [4.78, 5) is 0. The molecule has 0 heterocycles. The standard InChI is InChI=1S/C11H15F2N/c1-4-14-8(3)9-5-7(2)10(12)6-11(9)13/h5-6,8,14H,4H2,1-3H3. The molecule has 0 saturated heterocycles. The highest BCUT2D eigenvalue weighted by Crippen LogP contribution is 2.20. The van der Waals surface area contributed by atoms with Gasteiger partial charge >= 0.3 is 0 Å². The van der Waals surface area contributed by atoms with Crippen molar-refractivity contribution in [3.05, 3.63) is 34.9 Å². The lowest BCUT2D eigenvalue weighted by molar-refractivity contribution is 0.525. The molecule has 1 atom stereocenters. The van der Waals surface area contributed by atoms with Crippen LogP contribution in [0.4, 0.5) is 8.78 Å². The zero-order valence-corrected chi connectivity index (χ0v) is 8.70. The molecule has 1 aromatic carbocycles. The molecule has 0 radical (unpaired) electrons. The lowest BCUT2D eigenvalue weighted by Crippen LogP contribution is -2.19. The Morgan fingerprint density at radius 1 is 1.29 bits per heavy atom. The molecule has 1 unspecified atom stereocenters. The smallest absolute Gasteiger partial charge is 0.130 e. The van der Waals surface area contributed by atoms with Gasteiger partial charge in [-0.05, 0) is 32.0 Å². The van der Waals surface area contributed by atoms with Crippen LogP contribution in [0.5, 0.6) is 0 Å². The van der Waals surface area contributed by atoms with Crippen molar-refractivity contribution >= 4 is 0 Å². The molecular formula is C11H15F2N. The molecule has 0 saturated carbocycles. The van der Waals surface area contributed by atoms with Crippen LogP contribution in [0.3, 0.4) is 0 Å². The lowest BCUT2D eigenvalue weighted by Gasteiger charge is -2.14. The molecule has 0 spiro atoms. The lowest BCUT2D eigenvalue weighted by atomic mass is 10.0. The second-order valence-corrected chi connectivity index (χ2v) is 3.40. The van der Waals surface area contributed by atoms with Crippen LogP contribution in [0.1, 0.15) is 31.0 Å². The zero-order valence-electron chi connectivity index (χ0n) is 8.70. The topological polar surface area (TPSA) is 12.0 Å². The molecule has 3 heteroatoms. The van der Waals surface area contributed by atoms with Crippen LogP contribution in [0.15, 0.2) is 12.1 Å². The van der Waals surface area contributed by atoms with Crippen molar-refractivity contribution in [1.29, 1.82) is 0 Å². The van der Waals surface area contributed by atoms with Gasteiger partial charge in [-0.25, -0.2) is 8.78 Å². The molecule has 1 N–H and O–H groups in total. The number of aryl methyl sites for hydroxylation is 1. The van der Waals surface area contributed by atoms with Gasteiger partial charge in [-0.1, -0.05) is 6.92 Å². The quantitative estimate of drug-likeness (QED) is 0.789. The Labute approximate surface area is 83.1 Å². The van der Waals surface area contributed by atoms with Crippen LogP contribution in [0, 0.1) is 18.6 Å². The minimum atomic E-state index is -0.491. The van der Waals surface area contributed by atoms with Crippen molar-refractivity contribution in [2.24, 2.45) is 0 Å². The predicted molar refractivity (Wildman–Crippen MR) is 53.2 cm³/mol. The van der Waals surface area contributed by atoms with Crippen LogP contribution < -0.4 is 5.32 Å². The summed E-state index contributed by atoms with van der Waals surface area (Å²) in [5.74, 6) is -0.975. The normalized spacial score (nSPS) is 12.9. The van der Waals surface area contributed by atoms with Crippen LogP contribution in [-0.4, -0.2) is 6.54 Å². The Kier molecular flexibility index (Phi) is 3.58. The highest BCUT2D eigenvalue weighted by molar-refractivity contribution is 5.27. The van der Waals surface area contributed by atoms with Gasteiger partial charge < -0.3 is 5.32 Å². The Bertz CT molecular complexity index is 323. The third-order valence-electron chi connectivity index (χ3n) is 2.25. The van der Waals surface area contributed by atoms with Crippen LogP contribution in [0.2, 0.25) is 0 Å². The van der Waals surface area contributed by atoms with E-state index in [2.05, 4.69) is 5.32 Å². The molecule has 0 fully saturated rings. The van der Waals surface area contributed by atoms with Crippen LogP contribution >= 0.6 is 0 Å². The summed E-state index contributed by atoms with van der Waals surface area (Å²) in [6.07, 6.45) is 0. The van der Waals surface area contributed by atoms with Crippen LogP contribution in [0.25, 0.3) is 0 Å². The number of halogens is 2. The van der Waals surface area contributed by atoms with Gasteiger partial charge in [-0.15, -0.1) is 0 Å². The van der Waals surface area contributed by atoms with Gasteiger partial charge in [0.05, 0.1) is 0 Å². The van der Waals surface area contributed by atoms with Gasteiger partial charge in [-0.2, -0.15) is 0 Å². The average molecular weight is 199 g/mol. The van der Waals surface area contributed by atoms with Gasteiger partial charge in [0.2, 0.25) is 0 Å². The van der Waals surface area contributed by atoms with E-state index in [-0.39, 0.29) is 6.04 Å². The maximum absolute atomic E-state index is 13.3. The SMILES string of the molecule is CCNC(C)c1cc(C)c(F)cc1F. The van der Waals surface area contributed by atoms with Gasteiger partial charge in [0, 0.05) is 17.7 Å². The van der Waals surface area contributed by atoms with E-state index >= 15 is 0 Å². The monoisotopic (exact) mass is 199 g/mol. The molecule has 0 aromatic heterocycles. The first-order chi connectivity index (χ1) is 6.56. The second kappa shape index (κ2) is 4.51.